The zero-order valence-electron chi connectivity index (χ0n) is 11.9. The Bertz CT molecular complexity index is 645. The smallest absolute Gasteiger partial charge is 0.270 e. The van der Waals surface area contributed by atoms with Crippen molar-refractivity contribution in [2.75, 3.05) is 19.6 Å². The SMILES string of the molecule is Cc1ccc([N+](=O)[O-])cc1S(=O)(=O)N1CCCC(CN)C1. The van der Waals surface area contributed by atoms with Crippen LogP contribution in [0.25, 0.3) is 0 Å². The van der Waals surface area contributed by atoms with Crippen LogP contribution in [0, 0.1) is 23.0 Å². The van der Waals surface area contributed by atoms with Crippen molar-refractivity contribution in [1.82, 2.24) is 4.31 Å². The Balaban J connectivity index is 2.39. The van der Waals surface area contributed by atoms with E-state index in [1.165, 1.54) is 16.4 Å². The van der Waals surface area contributed by atoms with Crippen LogP contribution in [0.3, 0.4) is 0 Å². The maximum Gasteiger partial charge on any atom is 0.270 e. The maximum atomic E-state index is 12.7. The first-order valence-corrected chi connectivity index (χ1v) is 8.25. The Morgan fingerprint density at radius 3 is 2.81 bits per heavy atom. The number of hydrogen-bond acceptors (Lipinski definition) is 5. The van der Waals surface area contributed by atoms with Gasteiger partial charge in [-0.1, -0.05) is 6.07 Å². The normalized spacial score (nSPS) is 20.4. The molecule has 0 radical (unpaired) electrons. The van der Waals surface area contributed by atoms with Crippen molar-refractivity contribution >= 4 is 15.7 Å². The van der Waals surface area contributed by atoms with Gasteiger partial charge in [-0.2, -0.15) is 4.31 Å². The Morgan fingerprint density at radius 2 is 2.19 bits per heavy atom. The van der Waals surface area contributed by atoms with Crippen molar-refractivity contribution in [3.63, 3.8) is 0 Å². The van der Waals surface area contributed by atoms with E-state index in [1.807, 2.05) is 0 Å². The monoisotopic (exact) mass is 313 g/mol. The Hall–Kier alpha value is -1.51. The molecule has 7 nitrogen and oxygen atoms in total. The molecule has 1 heterocycles. The van der Waals surface area contributed by atoms with E-state index in [9.17, 15) is 18.5 Å². The summed E-state index contributed by atoms with van der Waals surface area (Å²) in [7, 11) is -3.72. The van der Waals surface area contributed by atoms with Gasteiger partial charge in [0.1, 0.15) is 0 Å². The van der Waals surface area contributed by atoms with E-state index < -0.39 is 14.9 Å². The third-order valence-electron chi connectivity index (χ3n) is 3.82. The number of nitrogens with two attached hydrogens (primary N) is 1. The predicted octanol–water partition coefficient (Wildman–Crippen LogP) is 1.26. The average Bonchev–Trinajstić information content (AvgIpc) is 2.47. The zero-order valence-corrected chi connectivity index (χ0v) is 12.7. The van der Waals surface area contributed by atoms with Crippen LogP contribution in [0.15, 0.2) is 23.1 Å². The number of non-ortho nitro benzene ring substituents is 1. The van der Waals surface area contributed by atoms with E-state index in [0.29, 0.717) is 25.2 Å². The lowest BCUT2D eigenvalue weighted by molar-refractivity contribution is -0.385. The fourth-order valence-electron chi connectivity index (χ4n) is 2.56. The highest BCUT2D eigenvalue weighted by Gasteiger charge is 2.31. The standard InChI is InChI=1S/C13H19N3O4S/c1-10-4-5-12(16(17)18)7-13(10)21(19,20)15-6-2-3-11(8-14)9-15/h4-5,7,11H,2-3,6,8-9,14H2,1H3. The largest absolute Gasteiger partial charge is 0.330 e. The quantitative estimate of drug-likeness (QED) is 0.665. The van der Waals surface area contributed by atoms with Crippen LogP contribution in [-0.4, -0.2) is 37.3 Å². The third kappa shape index (κ3) is 3.22. The Kier molecular flexibility index (Phi) is 4.60. The summed E-state index contributed by atoms with van der Waals surface area (Å²) in [6.45, 7) is 2.89. The molecule has 116 valence electrons. The fourth-order valence-corrected chi connectivity index (χ4v) is 4.36. The van der Waals surface area contributed by atoms with Crippen molar-refractivity contribution in [3.8, 4) is 0 Å². The van der Waals surface area contributed by atoms with Crippen LogP contribution < -0.4 is 5.73 Å². The first kappa shape index (κ1) is 15.9. The number of piperidine rings is 1. The van der Waals surface area contributed by atoms with Gasteiger partial charge in [0.05, 0.1) is 9.82 Å². The van der Waals surface area contributed by atoms with Crippen LogP contribution in [-0.2, 0) is 10.0 Å². The molecule has 0 aromatic heterocycles. The molecule has 0 aliphatic carbocycles. The molecule has 0 amide bonds. The summed E-state index contributed by atoms with van der Waals surface area (Å²) in [6, 6.07) is 3.92. The minimum atomic E-state index is -3.72. The molecule has 1 fully saturated rings. The van der Waals surface area contributed by atoms with Gasteiger partial charge < -0.3 is 5.73 Å². The summed E-state index contributed by atoms with van der Waals surface area (Å²) in [5.41, 5.74) is 5.92. The number of nitro groups is 1. The van der Waals surface area contributed by atoms with Crippen molar-refractivity contribution in [2.24, 2.45) is 11.7 Å². The number of aryl methyl sites for hydroxylation is 1. The second-order valence-corrected chi connectivity index (χ2v) is 7.22. The van der Waals surface area contributed by atoms with Gasteiger partial charge in [0, 0.05) is 25.2 Å². The molecule has 0 saturated carbocycles. The van der Waals surface area contributed by atoms with Gasteiger partial charge in [-0.15, -0.1) is 0 Å². The summed E-state index contributed by atoms with van der Waals surface area (Å²) < 4.78 is 26.8. The molecule has 1 saturated heterocycles. The van der Waals surface area contributed by atoms with Gasteiger partial charge in [0.25, 0.3) is 5.69 Å². The zero-order chi connectivity index (χ0) is 15.6. The van der Waals surface area contributed by atoms with Crippen molar-refractivity contribution in [1.29, 1.82) is 0 Å². The molecular weight excluding hydrogens is 294 g/mol. The van der Waals surface area contributed by atoms with Crippen LogP contribution in [0.2, 0.25) is 0 Å². The predicted molar refractivity (Wildman–Crippen MR) is 78.4 cm³/mol. The van der Waals surface area contributed by atoms with E-state index in [4.69, 9.17) is 5.73 Å². The molecule has 1 aromatic carbocycles. The molecule has 1 aliphatic heterocycles. The van der Waals surface area contributed by atoms with E-state index in [-0.39, 0.29) is 16.5 Å². The molecule has 0 bridgehead atoms. The summed E-state index contributed by atoms with van der Waals surface area (Å²) in [5.74, 6) is 0.146. The first-order chi connectivity index (χ1) is 9.86. The Morgan fingerprint density at radius 1 is 1.48 bits per heavy atom. The minimum absolute atomic E-state index is 0.00868. The van der Waals surface area contributed by atoms with Crippen LogP contribution in [0.1, 0.15) is 18.4 Å². The molecule has 21 heavy (non-hydrogen) atoms. The summed E-state index contributed by atoms with van der Waals surface area (Å²) in [5, 5.41) is 10.8. The summed E-state index contributed by atoms with van der Waals surface area (Å²) >= 11 is 0. The van der Waals surface area contributed by atoms with Gasteiger partial charge in [-0.3, -0.25) is 10.1 Å². The van der Waals surface area contributed by atoms with Crippen LogP contribution in [0.5, 0.6) is 0 Å². The Labute approximate surface area is 123 Å². The molecule has 2 N–H and O–H groups in total. The van der Waals surface area contributed by atoms with Crippen LogP contribution >= 0.6 is 0 Å². The molecule has 1 aromatic rings. The number of hydrogen-bond donors (Lipinski definition) is 1. The van der Waals surface area contributed by atoms with Gasteiger partial charge in [-0.25, -0.2) is 8.42 Å². The highest BCUT2D eigenvalue weighted by molar-refractivity contribution is 7.89. The van der Waals surface area contributed by atoms with Gasteiger partial charge >= 0.3 is 0 Å². The van der Waals surface area contributed by atoms with E-state index in [0.717, 1.165) is 18.9 Å². The van der Waals surface area contributed by atoms with Crippen molar-refractivity contribution in [2.45, 2.75) is 24.7 Å². The van der Waals surface area contributed by atoms with Crippen molar-refractivity contribution in [3.05, 3.63) is 33.9 Å². The number of sulfonamides is 1. The molecule has 1 atom stereocenters. The fraction of sp³-hybridized carbons (Fsp3) is 0.538. The molecule has 1 aliphatic rings. The van der Waals surface area contributed by atoms with Crippen molar-refractivity contribution < 1.29 is 13.3 Å². The topological polar surface area (TPSA) is 107 Å². The number of rotatable bonds is 4. The average molecular weight is 313 g/mol. The molecular formula is C13H19N3O4S. The van der Waals surface area contributed by atoms with E-state index >= 15 is 0 Å². The molecule has 0 spiro atoms. The first-order valence-electron chi connectivity index (χ1n) is 6.81. The van der Waals surface area contributed by atoms with E-state index in [2.05, 4.69) is 0 Å². The van der Waals surface area contributed by atoms with Gasteiger partial charge in [0.2, 0.25) is 10.0 Å². The number of nitrogens with zero attached hydrogens (tertiary/aromatic N) is 2. The minimum Gasteiger partial charge on any atom is -0.330 e. The summed E-state index contributed by atoms with van der Waals surface area (Å²) in [4.78, 5) is 10.3. The van der Waals surface area contributed by atoms with Gasteiger partial charge in [-0.05, 0) is 37.8 Å². The highest BCUT2D eigenvalue weighted by atomic mass is 32.2. The lowest BCUT2D eigenvalue weighted by atomic mass is 10.0. The van der Waals surface area contributed by atoms with Gasteiger partial charge in [0.15, 0.2) is 0 Å². The number of nitro benzene ring substituents is 1. The van der Waals surface area contributed by atoms with E-state index in [1.54, 1.807) is 6.92 Å². The molecule has 8 heteroatoms. The lowest BCUT2D eigenvalue weighted by Gasteiger charge is -2.31. The summed E-state index contributed by atoms with van der Waals surface area (Å²) in [6.07, 6.45) is 1.67. The number of benzene rings is 1. The second-order valence-electron chi connectivity index (χ2n) is 5.31. The second kappa shape index (κ2) is 6.08. The third-order valence-corrected chi connectivity index (χ3v) is 5.82. The highest BCUT2D eigenvalue weighted by Crippen LogP contribution is 2.27. The molecule has 1 unspecified atom stereocenters. The lowest BCUT2D eigenvalue weighted by Crippen LogP contribution is -2.42. The molecule has 2 rings (SSSR count). The maximum absolute atomic E-state index is 12.7. The van der Waals surface area contributed by atoms with Crippen LogP contribution in [0.4, 0.5) is 5.69 Å².